The van der Waals surface area contributed by atoms with Gasteiger partial charge in [-0.25, -0.2) is 4.79 Å². The summed E-state index contributed by atoms with van der Waals surface area (Å²) < 4.78 is 5.40. The van der Waals surface area contributed by atoms with Gasteiger partial charge in [-0.2, -0.15) is 0 Å². The van der Waals surface area contributed by atoms with E-state index in [4.69, 9.17) is 16.3 Å². The monoisotopic (exact) mass is 327 g/mol. The lowest BCUT2D eigenvalue weighted by Crippen LogP contribution is -2.27. The van der Waals surface area contributed by atoms with E-state index in [1.54, 1.807) is 0 Å². The summed E-state index contributed by atoms with van der Waals surface area (Å²) in [4.78, 5) is 11.8. The molecule has 0 heterocycles. The van der Waals surface area contributed by atoms with Crippen LogP contribution in [0.25, 0.3) is 11.1 Å². The van der Waals surface area contributed by atoms with Crippen molar-refractivity contribution in [3.63, 3.8) is 0 Å². The number of carbonyl (C=O) groups is 1. The molecular weight excluding hydrogens is 310 g/mol. The third-order valence-electron chi connectivity index (χ3n) is 4.01. The van der Waals surface area contributed by atoms with Crippen molar-refractivity contribution in [2.24, 2.45) is 0 Å². The maximum Gasteiger partial charge on any atom is 0.407 e. The van der Waals surface area contributed by atoms with Gasteiger partial charge in [-0.1, -0.05) is 66.7 Å². The molecule has 0 aliphatic heterocycles. The van der Waals surface area contributed by atoms with Gasteiger partial charge in [0.2, 0.25) is 0 Å². The molecular formula is C19H18ClNO2. The highest BCUT2D eigenvalue weighted by Crippen LogP contribution is 2.44. The molecule has 0 unspecified atom stereocenters. The van der Waals surface area contributed by atoms with Gasteiger partial charge in [0.05, 0.1) is 0 Å². The predicted molar refractivity (Wildman–Crippen MR) is 92.7 cm³/mol. The smallest absolute Gasteiger partial charge is 0.407 e. The van der Waals surface area contributed by atoms with Crippen LogP contribution in [0, 0.1) is 0 Å². The van der Waals surface area contributed by atoms with Gasteiger partial charge in [-0.15, -0.1) is 0 Å². The van der Waals surface area contributed by atoms with Crippen LogP contribution in [0.2, 0.25) is 0 Å². The molecule has 2 aromatic carbocycles. The predicted octanol–water partition coefficient (Wildman–Crippen LogP) is 4.67. The number of hydrogen-bond acceptors (Lipinski definition) is 2. The largest absolute Gasteiger partial charge is 0.449 e. The fourth-order valence-corrected chi connectivity index (χ4v) is 3.04. The van der Waals surface area contributed by atoms with E-state index in [2.05, 4.69) is 36.2 Å². The molecule has 0 radical (unpaired) electrons. The SMILES string of the molecule is C=C(Cl)CCNC(=O)OCC1c2ccccc2-c2ccccc21. The summed E-state index contributed by atoms with van der Waals surface area (Å²) in [5.74, 6) is 0.0798. The molecule has 0 fully saturated rings. The average Bonchev–Trinajstić information content (AvgIpc) is 2.87. The average molecular weight is 328 g/mol. The van der Waals surface area contributed by atoms with Crippen LogP contribution in [0.3, 0.4) is 0 Å². The second kappa shape index (κ2) is 6.88. The summed E-state index contributed by atoms with van der Waals surface area (Å²) in [6.45, 7) is 4.34. The topological polar surface area (TPSA) is 38.3 Å². The van der Waals surface area contributed by atoms with E-state index < -0.39 is 6.09 Å². The van der Waals surface area contributed by atoms with Crippen molar-refractivity contribution in [3.05, 3.63) is 71.3 Å². The second-order valence-electron chi connectivity index (χ2n) is 5.52. The lowest BCUT2D eigenvalue weighted by atomic mass is 9.98. The van der Waals surface area contributed by atoms with Crippen LogP contribution in [0.15, 0.2) is 60.1 Å². The Balaban J connectivity index is 1.69. The molecule has 0 bridgehead atoms. The molecule has 1 N–H and O–H groups in total. The van der Waals surface area contributed by atoms with E-state index in [1.165, 1.54) is 22.3 Å². The number of carbonyl (C=O) groups excluding carboxylic acids is 1. The number of halogens is 1. The number of rotatable bonds is 5. The summed E-state index contributed by atoms with van der Waals surface area (Å²) in [5, 5.41) is 3.20. The Morgan fingerprint density at radius 2 is 1.65 bits per heavy atom. The van der Waals surface area contributed by atoms with E-state index >= 15 is 0 Å². The van der Waals surface area contributed by atoms with Gasteiger partial charge in [0.25, 0.3) is 0 Å². The zero-order valence-electron chi connectivity index (χ0n) is 12.7. The fourth-order valence-electron chi connectivity index (χ4n) is 2.95. The van der Waals surface area contributed by atoms with Crippen LogP contribution in [0.5, 0.6) is 0 Å². The third-order valence-corrected chi connectivity index (χ3v) is 4.20. The first-order chi connectivity index (χ1) is 11.2. The van der Waals surface area contributed by atoms with Crippen LogP contribution in [0.4, 0.5) is 4.79 Å². The lowest BCUT2D eigenvalue weighted by molar-refractivity contribution is 0.143. The number of hydrogen-bond donors (Lipinski definition) is 1. The Bertz CT molecular complexity index is 696. The second-order valence-corrected chi connectivity index (χ2v) is 6.05. The fraction of sp³-hybridized carbons (Fsp3) is 0.211. The zero-order chi connectivity index (χ0) is 16.2. The van der Waals surface area contributed by atoms with Crippen molar-refractivity contribution in [2.75, 3.05) is 13.2 Å². The maximum atomic E-state index is 11.8. The van der Waals surface area contributed by atoms with Gasteiger partial charge < -0.3 is 10.1 Å². The Kier molecular flexibility index (Phi) is 4.68. The minimum absolute atomic E-state index is 0.0798. The molecule has 1 amide bonds. The molecule has 1 aliphatic rings. The van der Waals surface area contributed by atoms with Crippen LogP contribution in [-0.4, -0.2) is 19.2 Å². The van der Waals surface area contributed by atoms with Gasteiger partial charge >= 0.3 is 6.09 Å². The summed E-state index contributed by atoms with van der Waals surface area (Å²) in [6.07, 6.45) is 0.107. The number of ether oxygens (including phenoxy) is 1. The zero-order valence-corrected chi connectivity index (χ0v) is 13.5. The van der Waals surface area contributed by atoms with Crippen LogP contribution in [0.1, 0.15) is 23.5 Å². The minimum atomic E-state index is -0.426. The Morgan fingerprint density at radius 3 is 2.22 bits per heavy atom. The molecule has 2 aromatic rings. The maximum absolute atomic E-state index is 11.8. The van der Waals surface area contributed by atoms with E-state index in [-0.39, 0.29) is 5.92 Å². The number of amides is 1. The minimum Gasteiger partial charge on any atom is -0.449 e. The van der Waals surface area contributed by atoms with Crippen LogP contribution >= 0.6 is 11.6 Å². The van der Waals surface area contributed by atoms with Crippen molar-refractivity contribution in [3.8, 4) is 11.1 Å². The number of fused-ring (bicyclic) bond motifs is 3. The van der Waals surface area contributed by atoms with Crippen molar-refractivity contribution in [2.45, 2.75) is 12.3 Å². The Hall–Kier alpha value is -2.26. The van der Waals surface area contributed by atoms with Crippen molar-refractivity contribution in [1.29, 1.82) is 0 Å². The summed E-state index contributed by atoms with van der Waals surface area (Å²) in [6, 6.07) is 16.5. The van der Waals surface area contributed by atoms with Crippen molar-refractivity contribution >= 4 is 17.7 Å². The highest BCUT2D eigenvalue weighted by molar-refractivity contribution is 6.29. The Labute approximate surface area is 140 Å². The number of benzene rings is 2. The summed E-state index contributed by atoms with van der Waals surface area (Å²) in [5.41, 5.74) is 4.84. The standard InChI is InChI=1S/C19H18ClNO2/c1-13(20)10-11-21-19(22)23-12-18-16-8-4-2-6-14(16)15-7-3-5-9-17(15)18/h2-9,18H,1,10-12H2,(H,21,22). The summed E-state index contributed by atoms with van der Waals surface area (Å²) >= 11 is 5.67. The van der Waals surface area contributed by atoms with Gasteiger partial charge in [0.15, 0.2) is 0 Å². The molecule has 3 nitrogen and oxygen atoms in total. The molecule has 0 aromatic heterocycles. The first-order valence-electron chi connectivity index (χ1n) is 7.59. The van der Waals surface area contributed by atoms with E-state index in [0.717, 1.165) is 0 Å². The first-order valence-corrected chi connectivity index (χ1v) is 7.96. The molecule has 0 atom stereocenters. The lowest BCUT2D eigenvalue weighted by Gasteiger charge is -2.14. The van der Waals surface area contributed by atoms with Crippen LogP contribution < -0.4 is 5.32 Å². The summed E-state index contributed by atoms with van der Waals surface area (Å²) in [7, 11) is 0. The van der Waals surface area contributed by atoms with E-state index in [0.29, 0.717) is 24.6 Å². The molecule has 4 heteroatoms. The molecule has 0 spiro atoms. The quantitative estimate of drug-likeness (QED) is 0.866. The molecule has 118 valence electrons. The molecule has 1 aliphatic carbocycles. The Morgan fingerprint density at radius 1 is 1.09 bits per heavy atom. The third kappa shape index (κ3) is 3.40. The first kappa shape index (κ1) is 15.6. The normalized spacial score (nSPS) is 12.4. The van der Waals surface area contributed by atoms with Gasteiger partial charge in [-0.05, 0) is 22.3 Å². The molecule has 0 saturated heterocycles. The van der Waals surface area contributed by atoms with Crippen molar-refractivity contribution < 1.29 is 9.53 Å². The highest BCUT2D eigenvalue weighted by atomic mass is 35.5. The van der Waals surface area contributed by atoms with E-state index in [9.17, 15) is 4.79 Å². The number of nitrogens with one attached hydrogen (secondary N) is 1. The molecule has 0 saturated carbocycles. The van der Waals surface area contributed by atoms with E-state index in [1.807, 2.05) is 24.3 Å². The van der Waals surface area contributed by atoms with Crippen molar-refractivity contribution in [1.82, 2.24) is 5.32 Å². The number of alkyl carbamates (subject to hydrolysis) is 1. The highest BCUT2D eigenvalue weighted by Gasteiger charge is 2.28. The van der Waals surface area contributed by atoms with Gasteiger partial charge in [0.1, 0.15) is 6.61 Å². The van der Waals surface area contributed by atoms with Gasteiger partial charge in [-0.3, -0.25) is 0 Å². The van der Waals surface area contributed by atoms with Crippen LogP contribution in [-0.2, 0) is 4.74 Å². The molecule has 3 rings (SSSR count). The van der Waals surface area contributed by atoms with Gasteiger partial charge in [0, 0.05) is 23.9 Å². The molecule has 23 heavy (non-hydrogen) atoms.